The minimum absolute atomic E-state index is 0. The Labute approximate surface area is 151 Å². The zero-order valence-electron chi connectivity index (χ0n) is 14.8. The van der Waals surface area contributed by atoms with Gasteiger partial charge in [-0.3, -0.25) is 4.79 Å². The van der Waals surface area contributed by atoms with Crippen LogP contribution < -0.4 is 15.8 Å². The van der Waals surface area contributed by atoms with Gasteiger partial charge < -0.3 is 11.1 Å². The summed E-state index contributed by atoms with van der Waals surface area (Å²) >= 11 is 0. The Bertz CT molecular complexity index is 668. The molecule has 1 rings (SSSR count). The lowest BCUT2D eigenvalue weighted by Gasteiger charge is -2.21. The van der Waals surface area contributed by atoms with E-state index < -0.39 is 15.6 Å². The Morgan fingerprint density at radius 2 is 1.88 bits per heavy atom. The van der Waals surface area contributed by atoms with Gasteiger partial charge >= 0.3 is 0 Å². The summed E-state index contributed by atoms with van der Waals surface area (Å²) in [6, 6.07) is 4.80. The number of rotatable bonds is 6. The predicted molar refractivity (Wildman–Crippen MR) is 100 cm³/mol. The molecule has 138 valence electrons. The van der Waals surface area contributed by atoms with E-state index in [0.717, 1.165) is 0 Å². The SMILES string of the molecule is Cc1ccc(NC(=O)CCC(C)N)cc1S(=O)(=O)NC(C)(C)C.Cl. The van der Waals surface area contributed by atoms with Crippen LogP contribution in [0.3, 0.4) is 0 Å². The van der Waals surface area contributed by atoms with Gasteiger partial charge in [0.2, 0.25) is 15.9 Å². The van der Waals surface area contributed by atoms with Crippen molar-refractivity contribution in [1.82, 2.24) is 4.72 Å². The number of benzene rings is 1. The molecule has 0 aliphatic heterocycles. The molecule has 24 heavy (non-hydrogen) atoms. The van der Waals surface area contributed by atoms with Crippen molar-refractivity contribution in [2.45, 2.75) is 63.9 Å². The van der Waals surface area contributed by atoms with Crippen LogP contribution in [-0.2, 0) is 14.8 Å². The number of aryl methyl sites for hydroxylation is 1. The van der Waals surface area contributed by atoms with Crippen molar-refractivity contribution in [3.63, 3.8) is 0 Å². The highest BCUT2D eigenvalue weighted by Gasteiger charge is 2.24. The van der Waals surface area contributed by atoms with E-state index in [9.17, 15) is 13.2 Å². The number of nitrogens with two attached hydrogens (primary N) is 1. The number of hydrogen-bond acceptors (Lipinski definition) is 4. The maximum atomic E-state index is 12.5. The van der Waals surface area contributed by atoms with E-state index >= 15 is 0 Å². The van der Waals surface area contributed by atoms with E-state index in [4.69, 9.17) is 5.73 Å². The van der Waals surface area contributed by atoms with Gasteiger partial charge in [-0.05, 0) is 58.7 Å². The molecule has 0 aliphatic carbocycles. The molecule has 0 saturated heterocycles. The molecule has 4 N–H and O–H groups in total. The first-order valence-corrected chi connectivity index (χ1v) is 9.09. The molecule has 0 saturated carbocycles. The van der Waals surface area contributed by atoms with Crippen LogP contribution in [0.25, 0.3) is 0 Å². The summed E-state index contributed by atoms with van der Waals surface area (Å²) < 4.78 is 27.6. The Morgan fingerprint density at radius 3 is 2.38 bits per heavy atom. The fraction of sp³-hybridized carbons (Fsp3) is 0.562. The number of sulfonamides is 1. The molecule has 0 heterocycles. The number of carbonyl (C=O) groups excluding carboxylic acids is 1. The number of halogens is 1. The Kier molecular flexibility index (Phi) is 8.38. The lowest BCUT2D eigenvalue weighted by Crippen LogP contribution is -2.40. The first-order valence-electron chi connectivity index (χ1n) is 7.61. The van der Waals surface area contributed by atoms with Gasteiger partial charge in [0.05, 0.1) is 4.90 Å². The molecule has 0 fully saturated rings. The normalized spacial score (nSPS) is 13.1. The predicted octanol–water partition coefficient (Wildman–Crippen LogP) is 2.56. The summed E-state index contributed by atoms with van der Waals surface area (Å²) in [5.74, 6) is -0.182. The van der Waals surface area contributed by atoms with Gasteiger partial charge in [-0.2, -0.15) is 0 Å². The summed E-state index contributed by atoms with van der Waals surface area (Å²) in [6.07, 6.45) is 0.877. The van der Waals surface area contributed by atoms with Crippen LogP contribution in [0, 0.1) is 6.92 Å². The maximum Gasteiger partial charge on any atom is 0.241 e. The highest BCUT2D eigenvalue weighted by Crippen LogP contribution is 2.22. The first-order chi connectivity index (χ1) is 10.4. The first kappa shape index (κ1) is 22.9. The molecule has 0 aromatic heterocycles. The van der Waals surface area contributed by atoms with Crippen LogP contribution in [0.5, 0.6) is 0 Å². The van der Waals surface area contributed by atoms with Gasteiger partial charge in [0.15, 0.2) is 0 Å². The molecule has 0 aliphatic rings. The van der Waals surface area contributed by atoms with Crippen molar-refractivity contribution < 1.29 is 13.2 Å². The van der Waals surface area contributed by atoms with Crippen LogP contribution in [-0.4, -0.2) is 25.9 Å². The number of nitrogens with one attached hydrogen (secondary N) is 2. The lowest BCUT2D eigenvalue weighted by molar-refractivity contribution is -0.116. The van der Waals surface area contributed by atoms with Crippen molar-refractivity contribution in [3.05, 3.63) is 23.8 Å². The molecule has 1 amide bonds. The zero-order chi connectivity index (χ0) is 17.8. The van der Waals surface area contributed by atoms with Gasteiger partial charge in [0.25, 0.3) is 0 Å². The Balaban J connectivity index is 0.00000529. The molecule has 1 aromatic carbocycles. The fourth-order valence-corrected chi connectivity index (χ4v) is 3.70. The lowest BCUT2D eigenvalue weighted by atomic mass is 10.1. The van der Waals surface area contributed by atoms with E-state index in [2.05, 4.69) is 10.0 Å². The second kappa shape index (κ2) is 8.80. The fourth-order valence-electron chi connectivity index (χ4n) is 2.01. The summed E-state index contributed by atoms with van der Waals surface area (Å²) in [5, 5.41) is 2.71. The molecule has 1 atom stereocenters. The molecule has 1 unspecified atom stereocenters. The molecular formula is C16H28ClN3O3S. The highest BCUT2D eigenvalue weighted by atomic mass is 35.5. The van der Waals surface area contributed by atoms with Crippen LogP contribution in [0.1, 0.15) is 46.1 Å². The number of anilines is 1. The number of amides is 1. The molecule has 0 spiro atoms. The largest absolute Gasteiger partial charge is 0.328 e. The van der Waals surface area contributed by atoms with Crippen LogP contribution in [0.2, 0.25) is 0 Å². The highest BCUT2D eigenvalue weighted by molar-refractivity contribution is 7.89. The van der Waals surface area contributed by atoms with Gasteiger partial charge in [0.1, 0.15) is 0 Å². The average molecular weight is 378 g/mol. The quantitative estimate of drug-likeness (QED) is 0.709. The minimum Gasteiger partial charge on any atom is -0.328 e. The minimum atomic E-state index is -3.65. The van der Waals surface area contributed by atoms with Gasteiger partial charge in [0, 0.05) is 23.7 Å². The Morgan fingerprint density at radius 1 is 1.29 bits per heavy atom. The topological polar surface area (TPSA) is 101 Å². The number of carbonyl (C=O) groups is 1. The maximum absolute atomic E-state index is 12.5. The molecular weight excluding hydrogens is 350 g/mol. The third-order valence-electron chi connectivity index (χ3n) is 3.03. The van der Waals surface area contributed by atoms with Crippen LogP contribution >= 0.6 is 12.4 Å². The molecule has 0 bridgehead atoms. The standard InChI is InChI=1S/C16H27N3O3S.ClH/c1-11-6-8-13(18-15(20)9-7-12(2)17)10-14(11)23(21,22)19-16(3,4)5;/h6,8,10,12,19H,7,9,17H2,1-5H3,(H,18,20);1H. The summed E-state index contributed by atoms with van der Waals surface area (Å²) in [5.41, 5.74) is 6.12. The summed E-state index contributed by atoms with van der Waals surface area (Å²) in [6.45, 7) is 8.89. The third-order valence-corrected chi connectivity index (χ3v) is 4.93. The van der Waals surface area contributed by atoms with Crippen molar-refractivity contribution >= 4 is 34.0 Å². The second-order valence-electron chi connectivity index (χ2n) is 6.90. The average Bonchev–Trinajstić information content (AvgIpc) is 2.35. The van der Waals surface area contributed by atoms with Crippen molar-refractivity contribution in [2.75, 3.05) is 5.32 Å². The Hall–Kier alpha value is -1.15. The molecule has 8 heteroatoms. The zero-order valence-corrected chi connectivity index (χ0v) is 16.5. The van der Waals surface area contributed by atoms with E-state index in [0.29, 0.717) is 24.1 Å². The molecule has 1 aromatic rings. The van der Waals surface area contributed by atoms with E-state index in [1.54, 1.807) is 39.8 Å². The monoisotopic (exact) mass is 377 g/mol. The molecule has 6 nitrogen and oxygen atoms in total. The van der Waals surface area contributed by atoms with E-state index in [-0.39, 0.29) is 29.3 Å². The third kappa shape index (κ3) is 7.61. The van der Waals surface area contributed by atoms with Gasteiger partial charge in [-0.25, -0.2) is 13.1 Å². The van der Waals surface area contributed by atoms with E-state index in [1.165, 1.54) is 6.07 Å². The van der Waals surface area contributed by atoms with Crippen molar-refractivity contribution in [1.29, 1.82) is 0 Å². The van der Waals surface area contributed by atoms with Crippen LogP contribution in [0.4, 0.5) is 5.69 Å². The smallest absolute Gasteiger partial charge is 0.241 e. The second-order valence-corrected chi connectivity index (χ2v) is 8.55. The van der Waals surface area contributed by atoms with Crippen molar-refractivity contribution in [3.8, 4) is 0 Å². The van der Waals surface area contributed by atoms with Crippen LogP contribution in [0.15, 0.2) is 23.1 Å². The summed E-state index contributed by atoms with van der Waals surface area (Å²) in [7, 11) is -3.65. The van der Waals surface area contributed by atoms with E-state index in [1.807, 2.05) is 6.92 Å². The molecule has 0 radical (unpaired) electrons. The van der Waals surface area contributed by atoms with Crippen molar-refractivity contribution in [2.24, 2.45) is 5.73 Å². The van der Waals surface area contributed by atoms with Gasteiger partial charge in [-0.1, -0.05) is 6.07 Å². The summed E-state index contributed by atoms with van der Waals surface area (Å²) in [4.78, 5) is 12.0. The number of hydrogen-bond donors (Lipinski definition) is 3. The van der Waals surface area contributed by atoms with Gasteiger partial charge in [-0.15, -0.1) is 12.4 Å².